The van der Waals surface area contributed by atoms with E-state index in [4.69, 9.17) is 4.74 Å². The molecule has 0 aromatic carbocycles. The van der Waals surface area contributed by atoms with Crippen LogP contribution in [0.1, 0.15) is 51.9 Å². The van der Waals surface area contributed by atoms with Crippen LogP contribution in [0.15, 0.2) is 12.7 Å². The van der Waals surface area contributed by atoms with Crippen molar-refractivity contribution in [3.63, 3.8) is 0 Å². The number of hydrogen-bond donors (Lipinski definition) is 0. The van der Waals surface area contributed by atoms with E-state index in [-0.39, 0.29) is 6.10 Å². The Balaban J connectivity index is 3.04. The first-order valence-electron chi connectivity index (χ1n) is 5.51. The number of carbonyl (C=O) groups is 1. The summed E-state index contributed by atoms with van der Waals surface area (Å²) < 4.78 is 4.79. The summed E-state index contributed by atoms with van der Waals surface area (Å²) in [7, 11) is 0. The summed E-state index contributed by atoms with van der Waals surface area (Å²) in [6.07, 6.45) is 10.4. The molecule has 0 rings (SSSR count). The van der Waals surface area contributed by atoms with Crippen LogP contribution >= 0.6 is 0 Å². The van der Waals surface area contributed by atoms with Crippen molar-refractivity contribution < 1.29 is 9.53 Å². The van der Waals surface area contributed by atoms with Crippen molar-refractivity contribution >= 4 is 6.47 Å². The monoisotopic (exact) mass is 198 g/mol. The molecule has 0 saturated heterocycles. The van der Waals surface area contributed by atoms with Crippen molar-refractivity contribution in [3.05, 3.63) is 12.7 Å². The van der Waals surface area contributed by atoms with E-state index < -0.39 is 0 Å². The van der Waals surface area contributed by atoms with Crippen LogP contribution < -0.4 is 0 Å². The summed E-state index contributed by atoms with van der Waals surface area (Å²) in [4.78, 5) is 9.99. The highest BCUT2D eigenvalue weighted by Gasteiger charge is 2.00. The molecule has 0 bridgehead atoms. The normalized spacial score (nSPS) is 12.1. The van der Waals surface area contributed by atoms with Gasteiger partial charge in [0.05, 0.1) is 6.10 Å². The van der Waals surface area contributed by atoms with Crippen LogP contribution in [0.25, 0.3) is 0 Å². The van der Waals surface area contributed by atoms with E-state index in [1.165, 1.54) is 25.7 Å². The molecule has 0 aliphatic carbocycles. The molecule has 0 unspecified atom stereocenters. The highest BCUT2D eigenvalue weighted by Crippen LogP contribution is 2.09. The van der Waals surface area contributed by atoms with Crippen molar-refractivity contribution in [2.45, 2.75) is 58.0 Å². The largest absolute Gasteiger partial charge is 0.465 e. The second-order valence-corrected chi connectivity index (χ2v) is 3.68. The Morgan fingerprint density at radius 3 is 2.50 bits per heavy atom. The molecule has 0 heterocycles. The molecular formula is C12H22O2. The summed E-state index contributed by atoms with van der Waals surface area (Å²) in [6.45, 7) is 6.16. The molecule has 14 heavy (non-hydrogen) atoms. The molecule has 2 heteroatoms. The van der Waals surface area contributed by atoms with Crippen LogP contribution in [0.5, 0.6) is 0 Å². The highest BCUT2D eigenvalue weighted by atomic mass is 16.5. The second-order valence-electron chi connectivity index (χ2n) is 3.68. The maximum Gasteiger partial charge on any atom is 0.293 e. The lowest BCUT2D eigenvalue weighted by atomic mass is 10.1. The van der Waals surface area contributed by atoms with Crippen LogP contribution in [0.2, 0.25) is 0 Å². The lowest BCUT2D eigenvalue weighted by Gasteiger charge is -2.08. The Hall–Kier alpha value is -0.790. The zero-order chi connectivity index (χ0) is 10.6. The van der Waals surface area contributed by atoms with Gasteiger partial charge in [0.25, 0.3) is 6.47 Å². The van der Waals surface area contributed by atoms with Gasteiger partial charge in [-0.3, -0.25) is 4.79 Å². The van der Waals surface area contributed by atoms with Gasteiger partial charge in [0, 0.05) is 0 Å². The molecule has 0 spiro atoms. The third-order valence-corrected chi connectivity index (χ3v) is 2.31. The smallest absolute Gasteiger partial charge is 0.293 e. The van der Waals surface area contributed by atoms with Crippen LogP contribution in [0.4, 0.5) is 0 Å². The topological polar surface area (TPSA) is 26.3 Å². The number of carbonyl (C=O) groups excluding carboxylic acids is 1. The second kappa shape index (κ2) is 10.3. The molecule has 0 amide bonds. The van der Waals surface area contributed by atoms with Gasteiger partial charge in [0.2, 0.25) is 0 Å². The maximum atomic E-state index is 9.99. The first-order valence-corrected chi connectivity index (χ1v) is 5.51. The van der Waals surface area contributed by atoms with Crippen LogP contribution in [0, 0.1) is 0 Å². The maximum absolute atomic E-state index is 9.99. The van der Waals surface area contributed by atoms with Crippen molar-refractivity contribution in [2.75, 3.05) is 0 Å². The minimum Gasteiger partial charge on any atom is -0.465 e. The molecular weight excluding hydrogens is 176 g/mol. The molecule has 0 aliphatic rings. The Labute approximate surface area is 87.3 Å². The van der Waals surface area contributed by atoms with Crippen LogP contribution in [-0.2, 0) is 9.53 Å². The number of allylic oxidation sites excluding steroid dienone is 1. The van der Waals surface area contributed by atoms with Crippen molar-refractivity contribution in [1.29, 1.82) is 0 Å². The summed E-state index contributed by atoms with van der Waals surface area (Å²) >= 11 is 0. The van der Waals surface area contributed by atoms with Gasteiger partial charge >= 0.3 is 0 Å². The number of unbranched alkanes of at least 4 members (excludes halogenated alkanes) is 5. The van der Waals surface area contributed by atoms with Gasteiger partial charge in [-0.05, 0) is 32.6 Å². The lowest BCUT2D eigenvalue weighted by molar-refractivity contribution is -0.133. The Morgan fingerprint density at radius 2 is 1.86 bits per heavy atom. The van der Waals surface area contributed by atoms with Crippen LogP contribution in [0.3, 0.4) is 0 Å². The first-order chi connectivity index (χ1) is 6.81. The zero-order valence-corrected chi connectivity index (χ0v) is 9.21. The molecule has 2 nitrogen and oxygen atoms in total. The van der Waals surface area contributed by atoms with Gasteiger partial charge in [-0.2, -0.15) is 0 Å². The molecule has 0 fully saturated rings. The minimum atomic E-state index is 0.0840. The Bertz CT molecular complexity index is 143. The summed E-state index contributed by atoms with van der Waals surface area (Å²) in [5.74, 6) is 0. The van der Waals surface area contributed by atoms with Gasteiger partial charge in [0.15, 0.2) is 0 Å². The van der Waals surface area contributed by atoms with E-state index in [1.807, 2.05) is 13.0 Å². The molecule has 1 atom stereocenters. The third kappa shape index (κ3) is 9.30. The average Bonchev–Trinajstić information content (AvgIpc) is 2.17. The van der Waals surface area contributed by atoms with E-state index in [0.29, 0.717) is 6.47 Å². The number of rotatable bonds is 10. The van der Waals surface area contributed by atoms with Gasteiger partial charge in [-0.15, -0.1) is 6.58 Å². The van der Waals surface area contributed by atoms with E-state index in [1.54, 1.807) is 0 Å². The molecule has 0 aromatic heterocycles. The molecule has 0 radical (unpaired) electrons. The van der Waals surface area contributed by atoms with Gasteiger partial charge < -0.3 is 4.74 Å². The van der Waals surface area contributed by atoms with Gasteiger partial charge in [-0.25, -0.2) is 0 Å². The van der Waals surface area contributed by atoms with E-state index in [2.05, 4.69) is 6.58 Å². The standard InChI is InChI=1S/C12H22O2/c1-3-4-5-6-7-8-9-10-12(2)14-11-13/h3,11-12H,1,4-10H2,2H3/t12-/m1/s1. The first kappa shape index (κ1) is 13.2. The SMILES string of the molecule is C=CCCCCCCC[C@@H](C)OC=O. The summed E-state index contributed by atoms with van der Waals surface area (Å²) in [6, 6.07) is 0. The lowest BCUT2D eigenvalue weighted by Crippen LogP contribution is -2.05. The Morgan fingerprint density at radius 1 is 1.21 bits per heavy atom. The number of ether oxygens (including phenoxy) is 1. The van der Waals surface area contributed by atoms with Crippen LogP contribution in [-0.4, -0.2) is 12.6 Å². The molecule has 0 saturated carbocycles. The summed E-state index contributed by atoms with van der Waals surface area (Å²) in [5, 5.41) is 0. The van der Waals surface area contributed by atoms with Gasteiger partial charge in [0.1, 0.15) is 0 Å². The fourth-order valence-corrected chi connectivity index (χ4v) is 1.41. The quantitative estimate of drug-likeness (QED) is 0.305. The average molecular weight is 198 g/mol. The fourth-order valence-electron chi connectivity index (χ4n) is 1.41. The van der Waals surface area contributed by atoms with Crippen molar-refractivity contribution in [2.24, 2.45) is 0 Å². The van der Waals surface area contributed by atoms with Gasteiger partial charge in [-0.1, -0.05) is 25.3 Å². The number of hydrogen-bond acceptors (Lipinski definition) is 2. The molecule has 0 N–H and O–H groups in total. The van der Waals surface area contributed by atoms with E-state index in [0.717, 1.165) is 19.3 Å². The third-order valence-electron chi connectivity index (χ3n) is 2.31. The molecule has 0 aliphatic heterocycles. The highest BCUT2D eigenvalue weighted by molar-refractivity contribution is 5.37. The molecule has 0 aromatic rings. The molecule has 82 valence electrons. The Kier molecular flexibility index (Phi) is 9.71. The predicted octanol–water partition coefficient (Wildman–Crippen LogP) is 3.46. The van der Waals surface area contributed by atoms with E-state index >= 15 is 0 Å². The fraction of sp³-hybridized carbons (Fsp3) is 0.750. The van der Waals surface area contributed by atoms with E-state index in [9.17, 15) is 4.79 Å². The van der Waals surface area contributed by atoms with Crippen molar-refractivity contribution in [3.8, 4) is 0 Å². The predicted molar refractivity (Wildman–Crippen MR) is 59.1 cm³/mol. The summed E-state index contributed by atoms with van der Waals surface area (Å²) in [5.41, 5.74) is 0. The zero-order valence-electron chi connectivity index (χ0n) is 9.21. The minimum absolute atomic E-state index is 0.0840. The van der Waals surface area contributed by atoms with Crippen molar-refractivity contribution in [1.82, 2.24) is 0 Å².